The van der Waals surface area contributed by atoms with E-state index in [1.165, 1.54) is 13.2 Å². The third-order valence-electron chi connectivity index (χ3n) is 4.21. The Morgan fingerprint density at radius 3 is 2.31 bits per heavy atom. The zero-order chi connectivity index (χ0) is 19.2. The van der Waals surface area contributed by atoms with Crippen molar-refractivity contribution in [2.45, 2.75) is 25.8 Å². The van der Waals surface area contributed by atoms with Crippen molar-refractivity contribution in [3.8, 4) is 11.5 Å². The normalized spacial score (nSPS) is 12.7. The maximum absolute atomic E-state index is 12.8. The van der Waals surface area contributed by atoms with E-state index in [2.05, 4.69) is 5.32 Å². The summed E-state index contributed by atoms with van der Waals surface area (Å²) in [5.41, 5.74) is -0.703. The molecule has 1 amide bonds. The van der Waals surface area contributed by atoms with Crippen molar-refractivity contribution >= 4 is 11.9 Å². The van der Waals surface area contributed by atoms with E-state index < -0.39 is 17.4 Å². The van der Waals surface area contributed by atoms with E-state index >= 15 is 0 Å². The number of carboxylic acids is 1. The molecule has 0 spiro atoms. The molecule has 2 aromatic rings. The smallest absolute Gasteiger partial charge is 0.334 e. The third-order valence-corrected chi connectivity index (χ3v) is 4.21. The molecule has 6 nitrogen and oxygen atoms in total. The Balaban J connectivity index is 2.38. The second-order valence-corrected chi connectivity index (χ2v) is 5.68. The summed E-state index contributed by atoms with van der Waals surface area (Å²) < 4.78 is 10.7. The molecule has 2 aromatic carbocycles. The van der Waals surface area contributed by atoms with Gasteiger partial charge in [-0.1, -0.05) is 37.3 Å². The van der Waals surface area contributed by atoms with Gasteiger partial charge in [0, 0.05) is 5.56 Å². The Hall–Kier alpha value is -3.02. The van der Waals surface area contributed by atoms with E-state index in [9.17, 15) is 14.7 Å². The van der Waals surface area contributed by atoms with Crippen molar-refractivity contribution < 1.29 is 24.2 Å². The molecule has 0 aromatic heterocycles. The predicted octanol–water partition coefficient (Wildman–Crippen LogP) is 3.21. The molecular formula is C20H23NO5. The molecule has 0 bridgehead atoms. The van der Waals surface area contributed by atoms with Gasteiger partial charge in [-0.2, -0.15) is 0 Å². The van der Waals surface area contributed by atoms with Gasteiger partial charge in [0.15, 0.2) is 17.0 Å². The fourth-order valence-corrected chi connectivity index (χ4v) is 2.77. The lowest BCUT2D eigenvalue weighted by Gasteiger charge is -2.30. The summed E-state index contributed by atoms with van der Waals surface area (Å²) in [6.45, 7) is 4.04. The molecule has 138 valence electrons. The molecule has 1 unspecified atom stereocenters. The van der Waals surface area contributed by atoms with Gasteiger partial charge in [-0.25, -0.2) is 4.79 Å². The van der Waals surface area contributed by atoms with Crippen LogP contribution < -0.4 is 14.8 Å². The van der Waals surface area contributed by atoms with Crippen LogP contribution in [0.2, 0.25) is 0 Å². The van der Waals surface area contributed by atoms with Crippen LogP contribution in [0.15, 0.2) is 48.5 Å². The number of amides is 1. The van der Waals surface area contributed by atoms with Gasteiger partial charge in [0.1, 0.15) is 0 Å². The number of nitrogens with one attached hydrogen (secondary N) is 1. The largest absolute Gasteiger partial charge is 0.493 e. The first-order valence-electron chi connectivity index (χ1n) is 8.40. The Morgan fingerprint density at radius 1 is 1.08 bits per heavy atom. The molecule has 0 saturated carbocycles. The fourth-order valence-electron chi connectivity index (χ4n) is 2.77. The Kier molecular flexibility index (Phi) is 6.22. The van der Waals surface area contributed by atoms with Crippen LogP contribution in [0.5, 0.6) is 11.5 Å². The molecule has 0 aliphatic heterocycles. The molecule has 0 saturated heterocycles. The highest BCUT2D eigenvalue weighted by atomic mass is 16.5. The second-order valence-electron chi connectivity index (χ2n) is 5.68. The highest BCUT2D eigenvalue weighted by Crippen LogP contribution is 2.30. The standard InChI is InChI=1S/C20H23NO5/c1-4-20(19(23)24,15-9-7-6-8-10-15)21-18(22)14-11-12-16(26-5-2)17(13-14)25-3/h6-13H,4-5H2,1-3H3,(H,21,22)(H,23,24). The predicted molar refractivity (Wildman–Crippen MR) is 97.7 cm³/mol. The van der Waals surface area contributed by atoms with Crippen LogP contribution in [0.4, 0.5) is 0 Å². The Bertz CT molecular complexity index is 775. The maximum atomic E-state index is 12.8. The Morgan fingerprint density at radius 2 is 1.77 bits per heavy atom. The van der Waals surface area contributed by atoms with Gasteiger partial charge >= 0.3 is 5.97 Å². The number of hydrogen-bond donors (Lipinski definition) is 2. The van der Waals surface area contributed by atoms with Crippen molar-refractivity contribution in [2.24, 2.45) is 0 Å². The molecule has 0 fully saturated rings. The lowest BCUT2D eigenvalue weighted by molar-refractivity contribution is -0.145. The number of carbonyl (C=O) groups excluding carboxylic acids is 1. The summed E-state index contributed by atoms with van der Waals surface area (Å²) in [7, 11) is 1.48. The average Bonchev–Trinajstić information content (AvgIpc) is 2.66. The minimum absolute atomic E-state index is 0.201. The Labute approximate surface area is 152 Å². The molecule has 2 rings (SSSR count). The van der Waals surface area contributed by atoms with E-state index in [0.717, 1.165) is 0 Å². The van der Waals surface area contributed by atoms with E-state index in [-0.39, 0.29) is 6.42 Å². The molecule has 0 aliphatic rings. The number of carbonyl (C=O) groups is 2. The van der Waals surface area contributed by atoms with Gasteiger partial charge < -0.3 is 19.9 Å². The van der Waals surface area contributed by atoms with Crippen molar-refractivity contribution in [2.75, 3.05) is 13.7 Å². The number of hydrogen-bond acceptors (Lipinski definition) is 4. The molecule has 2 N–H and O–H groups in total. The van der Waals surface area contributed by atoms with Gasteiger partial charge in [-0.05, 0) is 37.1 Å². The lowest BCUT2D eigenvalue weighted by Crippen LogP contribution is -2.51. The SMILES string of the molecule is CCOc1ccc(C(=O)NC(CC)(C(=O)O)c2ccccc2)cc1OC. The van der Waals surface area contributed by atoms with Crippen molar-refractivity contribution in [1.82, 2.24) is 5.32 Å². The van der Waals surface area contributed by atoms with Crippen LogP contribution in [-0.2, 0) is 10.3 Å². The summed E-state index contributed by atoms with van der Waals surface area (Å²) in [6, 6.07) is 13.4. The second kappa shape index (κ2) is 8.38. The van der Waals surface area contributed by atoms with Crippen molar-refractivity contribution in [1.29, 1.82) is 0 Å². The van der Waals surface area contributed by atoms with Gasteiger partial charge in [-0.15, -0.1) is 0 Å². The molecule has 1 atom stereocenters. The van der Waals surface area contributed by atoms with Crippen LogP contribution in [0.1, 0.15) is 36.2 Å². The summed E-state index contributed by atoms with van der Waals surface area (Å²) in [6.07, 6.45) is 0.201. The minimum Gasteiger partial charge on any atom is -0.493 e. The number of benzene rings is 2. The van der Waals surface area contributed by atoms with Crippen LogP contribution in [-0.4, -0.2) is 30.7 Å². The van der Waals surface area contributed by atoms with Gasteiger partial charge in [0.2, 0.25) is 0 Å². The van der Waals surface area contributed by atoms with Gasteiger partial charge in [0.25, 0.3) is 5.91 Å². The van der Waals surface area contributed by atoms with Crippen molar-refractivity contribution in [3.63, 3.8) is 0 Å². The summed E-state index contributed by atoms with van der Waals surface area (Å²) in [5, 5.41) is 12.5. The highest BCUT2D eigenvalue weighted by Gasteiger charge is 2.40. The van der Waals surface area contributed by atoms with E-state index in [4.69, 9.17) is 9.47 Å². The highest BCUT2D eigenvalue weighted by molar-refractivity contribution is 5.98. The fraction of sp³-hybridized carbons (Fsp3) is 0.300. The quantitative estimate of drug-likeness (QED) is 0.758. The molecule has 6 heteroatoms. The number of aliphatic carboxylic acids is 1. The monoisotopic (exact) mass is 357 g/mol. The third kappa shape index (κ3) is 3.79. The van der Waals surface area contributed by atoms with Crippen molar-refractivity contribution in [3.05, 3.63) is 59.7 Å². The number of methoxy groups -OCH3 is 1. The van der Waals surface area contributed by atoms with Gasteiger partial charge in [0.05, 0.1) is 13.7 Å². The van der Waals surface area contributed by atoms with Gasteiger partial charge in [-0.3, -0.25) is 4.79 Å². The number of ether oxygens (including phenoxy) is 2. The number of rotatable bonds is 8. The molecule has 26 heavy (non-hydrogen) atoms. The maximum Gasteiger partial charge on any atom is 0.334 e. The molecule has 0 heterocycles. The average molecular weight is 357 g/mol. The first-order valence-corrected chi connectivity index (χ1v) is 8.40. The molecule has 0 radical (unpaired) electrons. The van der Waals surface area contributed by atoms with Crippen LogP contribution in [0.3, 0.4) is 0 Å². The molecular weight excluding hydrogens is 334 g/mol. The minimum atomic E-state index is -1.51. The van der Waals surface area contributed by atoms with E-state index in [1.54, 1.807) is 49.4 Å². The lowest BCUT2D eigenvalue weighted by atomic mass is 9.87. The van der Waals surface area contributed by atoms with E-state index in [1.807, 2.05) is 6.92 Å². The zero-order valence-corrected chi connectivity index (χ0v) is 15.1. The van der Waals surface area contributed by atoms with E-state index in [0.29, 0.717) is 29.2 Å². The van der Waals surface area contributed by atoms with Crippen LogP contribution >= 0.6 is 0 Å². The molecule has 0 aliphatic carbocycles. The van der Waals surface area contributed by atoms with Crippen LogP contribution in [0.25, 0.3) is 0 Å². The summed E-state index contributed by atoms with van der Waals surface area (Å²) in [5.74, 6) is -0.678. The number of carboxylic acid groups (broad SMARTS) is 1. The topological polar surface area (TPSA) is 84.9 Å². The summed E-state index contributed by atoms with van der Waals surface area (Å²) in [4.78, 5) is 24.8. The zero-order valence-electron chi connectivity index (χ0n) is 15.1. The first-order chi connectivity index (χ1) is 12.5. The first kappa shape index (κ1) is 19.3. The summed E-state index contributed by atoms with van der Waals surface area (Å²) >= 11 is 0. The van der Waals surface area contributed by atoms with Crippen LogP contribution in [0, 0.1) is 0 Å².